The molecule has 3 rings (SSSR count). The second kappa shape index (κ2) is 3.74. The molecule has 3 aromatic rings. The van der Waals surface area contributed by atoms with Gasteiger partial charge in [-0.05, 0) is 24.4 Å². The lowest BCUT2D eigenvalue weighted by Crippen LogP contribution is -1.91. The van der Waals surface area contributed by atoms with Gasteiger partial charge in [0.15, 0.2) is 0 Å². The van der Waals surface area contributed by atoms with Crippen LogP contribution in [-0.4, -0.2) is 12.1 Å². The maximum absolute atomic E-state index is 5.44. The number of rotatable bonds is 1. The number of pyridine rings is 1. The minimum absolute atomic E-state index is 0.881. The number of aryl methyl sites for hydroxylation is 1. The summed E-state index contributed by atoms with van der Waals surface area (Å²) in [5.74, 6) is 0.881. The lowest BCUT2D eigenvalue weighted by atomic mass is 10.0. The number of hydrogen-bond donors (Lipinski definition) is 0. The summed E-state index contributed by atoms with van der Waals surface area (Å²) >= 11 is 0. The molecule has 0 aliphatic carbocycles. The van der Waals surface area contributed by atoms with Gasteiger partial charge in [-0.25, -0.2) is 0 Å². The highest BCUT2D eigenvalue weighted by atomic mass is 16.5. The van der Waals surface area contributed by atoms with Crippen molar-refractivity contribution in [2.24, 2.45) is 0 Å². The Hall–Kier alpha value is -2.09. The predicted molar refractivity (Wildman–Crippen MR) is 70.5 cm³/mol. The van der Waals surface area contributed by atoms with Gasteiger partial charge in [-0.3, -0.25) is 4.98 Å². The molecule has 0 spiro atoms. The molecule has 0 amide bonds. The van der Waals surface area contributed by atoms with Crippen LogP contribution in [0.1, 0.15) is 5.69 Å². The van der Waals surface area contributed by atoms with Crippen LogP contribution in [0.5, 0.6) is 5.75 Å². The number of methoxy groups -OCH3 is 1. The Kier molecular flexibility index (Phi) is 2.22. The van der Waals surface area contributed by atoms with Crippen LogP contribution in [0.3, 0.4) is 0 Å². The molecule has 0 unspecified atom stereocenters. The first-order chi connectivity index (χ1) is 8.31. The van der Waals surface area contributed by atoms with E-state index in [1.54, 1.807) is 7.11 Å². The zero-order valence-corrected chi connectivity index (χ0v) is 9.90. The maximum atomic E-state index is 5.44. The van der Waals surface area contributed by atoms with Crippen molar-refractivity contribution >= 4 is 21.7 Å². The second-order valence-electron chi connectivity index (χ2n) is 4.10. The summed E-state index contributed by atoms with van der Waals surface area (Å²) < 4.78 is 5.44. The van der Waals surface area contributed by atoms with E-state index in [0.717, 1.165) is 22.3 Å². The first-order valence-electron chi connectivity index (χ1n) is 5.63. The van der Waals surface area contributed by atoms with E-state index in [-0.39, 0.29) is 0 Å². The van der Waals surface area contributed by atoms with Gasteiger partial charge in [-0.1, -0.05) is 30.3 Å². The van der Waals surface area contributed by atoms with E-state index in [1.165, 1.54) is 10.8 Å². The minimum Gasteiger partial charge on any atom is -0.496 e. The topological polar surface area (TPSA) is 22.1 Å². The van der Waals surface area contributed by atoms with E-state index in [4.69, 9.17) is 4.74 Å². The third-order valence-electron chi connectivity index (χ3n) is 3.10. The van der Waals surface area contributed by atoms with Gasteiger partial charge in [0.25, 0.3) is 0 Å². The van der Waals surface area contributed by atoms with Gasteiger partial charge in [0.05, 0.1) is 18.0 Å². The number of fused-ring (bicyclic) bond motifs is 3. The first kappa shape index (κ1) is 10.1. The molecule has 0 fully saturated rings. The molecule has 0 aliphatic rings. The second-order valence-corrected chi connectivity index (χ2v) is 4.10. The molecule has 84 valence electrons. The highest BCUT2D eigenvalue weighted by Crippen LogP contribution is 2.32. The van der Waals surface area contributed by atoms with Crippen LogP contribution in [0.25, 0.3) is 21.7 Å². The Labute approximate surface area is 99.9 Å². The van der Waals surface area contributed by atoms with Crippen molar-refractivity contribution in [3.8, 4) is 5.75 Å². The molecule has 1 aromatic heterocycles. The quantitative estimate of drug-likeness (QED) is 0.587. The zero-order valence-electron chi connectivity index (χ0n) is 9.90. The van der Waals surface area contributed by atoms with Crippen molar-refractivity contribution in [1.29, 1.82) is 0 Å². The van der Waals surface area contributed by atoms with Crippen molar-refractivity contribution in [2.45, 2.75) is 6.92 Å². The Morgan fingerprint density at radius 1 is 0.941 bits per heavy atom. The van der Waals surface area contributed by atoms with E-state index in [1.807, 2.05) is 37.3 Å². The van der Waals surface area contributed by atoms with Gasteiger partial charge in [0, 0.05) is 11.1 Å². The number of aromatic nitrogens is 1. The normalized spacial score (nSPS) is 10.9. The lowest BCUT2D eigenvalue weighted by Gasteiger charge is -2.09. The molecule has 0 N–H and O–H groups in total. The van der Waals surface area contributed by atoms with Gasteiger partial charge in [-0.15, -0.1) is 0 Å². The number of nitrogens with zero attached hydrogens (tertiary/aromatic N) is 1. The van der Waals surface area contributed by atoms with Gasteiger partial charge in [-0.2, -0.15) is 0 Å². The summed E-state index contributed by atoms with van der Waals surface area (Å²) in [6.07, 6.45) is 0. The van der Waals surface area contributed by atoms with E-state index in [0.29, 0.717) is 0 Å². The predicted octanol–water partition coefficient (Wildman–Crippen LogP) is 3.71. The summed E-state index contributed by atoms with van der Waals surface area (Å²) in [4.78, 5) is 4.63. The van der Waals surface area contributed by atoms with Crippen LogP contribution < -0.4 is 4.74 Å². The monoisotopic (exact) mass is 223 g/mol. The lowest BCUT2D eigenvalue weighted by molar-refractivity contribution is 0.420. The van der Waals surface area contributed by atoms with Gasteiger partial charge < -0.3 is 4.74 Å². The average Bonchev–Trinajstić information content (AvgIpc) is 2.38. The number of ether oxygens (including phenoxy) is 1. The molecule has 0 aliphatic heterocycles. The van der Waals surface area contributed by atoms with Crippen LogP contribution in [0.15, 0.2) is 42.5 Å². The largest absolute Gasteiger partial charge is 0.496 e. The van der Waals surface area contributed by atoms with Crippen LogP contribution in [0.4, 0.5) is 0 Å². The molecular formula is C15H13NO. The molecule has 0 atom stereocenters. The number of hydrogen-bond acceptors (Lipinski definition) is 2. The van der Waals surface area contributed by atoms with E-state index >= 15 is 0 Å². The molecule has 2 nitrogen and oxygen atoms in total. The molecule has 0 saturated heterocycles. The van der Waals surface area contributed by atoms with Crippen molar-refractivity contribution < 1.29 is 4.74 Å². The van der Waals surface area contributed by atoms with E-state index in [2.05, 4.69) is 17.1 Å². The first-order valence-corrected chi connectivity index (χ1v) is 5.63. The Bertz CT molecular complexity index is 704. The van der Waals surface area contributed by atoms with E-state index < -0.39 is 0 Å². The fraction of sp³-hybridized carbons (Fsp3) is 0.133. The fourth-order valence-corrected chi connectivity index (χ4v) is 2.31. The SMILES string of the molecule is COc1cccc2nc(C)c3ccccc3c12. The van der Waals surface area contributed by atoms with Crippen LogP contribution in [0, 0.1) is 6.92 Å². The molecule has 0 radical (unpaired) electrons. The smallest absolute Gasteiger partial charge is 0.128 e. The van der Waals surface area contributed by atoms with Gasteiger partial charge >= 0.3 is 0 Å². The van der Waals surface area contributed by atoms with Crippen molar-refractivity contribution in [2.75, 3.05) is 7.11 Å². The third-order valence-corrected chi connectivity index (χ3v) is 3.10. The molecule has 2 heteroatoms. The van der Waals surface area contributed by atoms with Crippen LogP contribution >= 0.6 is 0 Å². The molecule has 2 aromatic carbocycles. The Balaban J connectivity index is 2.60. The highest BCUT2D eigenvalue weighted by Gasteiger charge is 2.08. The molecule has 1 heterocycles. The molecular weight excluding hydrogens is 210 g/mol. The average molecular weight is 223 g/mol. The summed E-state index contributed by atoms with van der Waals surface area (Å²) in [6.45, 7) is 2.04. The van der Waals surface area contributed by atoms with Gasteiger partial charge in [0.2, 0.25) is 0 Å². The number of benzene rings is 2. The third kappa shape index (κ3) is 1.45. The van der Waals surface area contributed by atoms with E-state index in [9.17, 15) is 0 Å². The maximum Gasteiger partial charge on any atom is 0.128 e. The van der Waals surface area contributed by atoms with Crippen LogP contribution in [-0.2, 0) is 0 Å². The van der Waals surface area contributed by atoms with Crippen molar-refractivity contribution in [3.05, 3.63) is 48.2 Å². The Morgan fingerprint density at radius 2 is 1.71 bits per heavy atom. The minimum atomic E-state index is 0.881. The summed E-state index contributed by atoms with van der Waals surface area (Å²) in [5.41, 5.74) is 2.04. The van der Waals surface area contributed by atoms with Crippen LogP contribution in [0.2, 0.25) is 0 Å². The molecule has 0 saturated carbocycles. The highest BCUT2D eigenvalue weighted by molar-refractivity contribution is 6.09. The summed E-state index contributed by atoms with van der Waals surface area (Å²) in [6, 6.07) is 14.3. The molecule has 17 heavy (non-hydrogen) atoms. The fourth-order valence-electron chi connectivity index (χ4n) is 2.31. The van der Waals surface area contributed by atoms with Crippen molar-refractivity contribution in [1.82, 2.24) is 4.98 Å². The zero-order chi connectivity index (χ0) is 11.8. The summed E-state index contributed by atoms with van der Waals surface area (Å²) in [7, 11) is 1.70. The Morgan fingerprint density at radius 3 is 2.47 bits per heavy atom. The summed E-state index contributed by atoms with van der Waals surface area (Å²) in [5, 5.41) is 3.48. The molecule has 0 bridgehead atoms. The van der Waals surface area contributed by atoms with Gasteiger partial charge in [0.1, 0.15) is 5.75 Å². The van der Waals surface area contributed by atoms with Crippen molar-refractivity contribution in [3.63, 3.8) is 0 Å². The standard InChI is InChI=1S/C15H13NO/c1-10-11-6-3-4-7-12(11)15-13(16-10)8-5-9-14(15)17-2/h3-9H,1-2H3.